The molecule has 150 valence electrons. The van der Waals surface area contributed by atoms with Crippen LogP contribution in [-0.2, 0) is 0 Å². The molecule has 6 nitrogen and oxygen atoms in total. The highest BCUT2D eigenvalue weighted by Gasteiger charge is 2.32. The van der Waals surface area contributed by atoms with Gasteiger partial charge in [0.1, 0.15) is 0 Å². The summed E-state index contributed by atoms with van der Waals surface area (Å²) < 4.78 is 0. The molecule has 4 aromatic rings. The molecule has 1 saturated heterocycles. The molecule has 0 radical (unpaired) electrons. The van der Waals surface area contributed by atoms with Crippen LogP contribution in [0.2, 0.25) is 0 Å². The number of likely N-dealkylation sites (tertiary alicyclic amines) is 1. The summed E-state index contributed by atoms with van der Waals surface area (Å²) in [5, 5.41) is 7.01. The van der Waals surface area contributed by atoms with Gasteiger partial charge in [0, 0.05) is 46.6 Å². The number of amides is 1. The van der Waals surface area contributed by atoms with Gasteiger partial charge in [0.05, 0.1) is 17.3 Å². The van der Waals surface area contributed by atoms with Gasteiger partial charge in [0.2, 0.25) is 0 Å². The predicted octanol–water partition coefficient (Wildman–Crippen LogP) is 5.12. The highest BCUT2D eigenvalue weighted by Crippen LogP contribution is 2.35. The molecule has 1 N–H and O–H groups in total. The molecule has 1 fully saturated rings. The second kappa shape index (κ2) is 7.84. The number of pyridine rings is 2. The number of carbonyl (C=O) groups excluding carboxylic acids is 1. The SMILES string of the molecule is Cc1cc(Nc2nccs2)cc([C@@H]2CCCN2C(=O)c2cccc3ncccc23)n1. The molecule has 1 aromatic carbocycles. The summed E-state index contributed by atoms with van der Waals surface area (Å²) in [6.07, 6.45) is 5.40. The molecule has 1 atom stereocenters. The van der Waals surface area contributed by atoms with Crippen molar-refractivity contribution >= 4 is 39.0 Å². The second-order valence-corrected chi connectivity index (χ2v) is 8.31. The van der Waals surface area contributed by atoms with Gasteiger partial charge in [-0.3, -0.25) is 14.8 Å². The lowest BCUT2D eigenvalue weighted by Crippen LogP contribution is -2.31. The van der Waals surface area contributed by atoms with Crippen molar-refractivity contribution in [2.24, 2.45) is 0 Å². The molecule has 0 unspecified atom stereocenters. The molecule has 7 heteroatoms. The van der Waals surface area contributed by atoms with Gasteiger partial charge >= 0.3 is 0 Å². The first-order valence-corrected chi connectivity index (χ1v) is 10.9. The molecule has 1 aliphatic heterocycles. The van der Waals surface area contributed by atoms with Crippen LogP contribution in [0, 0.1) is 6.92 Å². The highest BCUT2D eigenvalue weighted by atomic mass is 32.1. The molecule has 0 aliphatic carbocycles. The Kier molecular flexibility index (Phi) is 4.88. The minimum absolute atomic E-state index is 0.0360. The number of rotatable bonds is 4. The Bertz CT molecular complexity index is 1200. The van der Waals surface area contributed by atoms with E-state index in [0.717, 1.165) is 52.5 Å². The second-order valence-electron chi connectivity index (χ2n) is 7.42. The maximum absolute atomic E-state index is 13.5. The van der Waals surface area contributed by atoms with Crippen molar-refractivity contribution in [2.75, 3.05) is 11.9 Å². The molecule has 1 aliphatic rings. The Morgan fingerprint density at radius 2 is 2.10 bits per heavy atom. The van der Waals surface area contributed by atoms with Crippen molar-refractivity contribution in [3.05, 3.63) is 77.2 Å². The molecule has 1 amide bonds. The number of benzene rings is 1. The topological polar surface area (TPSA) is 71.0 Å². The third kappa shape index (κ3) is 3.52. The van der Waals surface area contributed by atoms with Crippen LogP contribution < -0.4 is 5.32 Å². The summed E-state index contributed by atoms with van der Waals surface area (Å²) in [4.78, 5) is 28.9. The van der Waals surface area contributed by atoms with Gasteiger partial charge in [-0.15, -0.1) is 11.3 Å². The van der Waals surface area contributed by atoms with E-state index in [-0.39, 0.29) is 11.9 Å². The van der Waals surface area contributed by atoms with Crippen molar-refractivity contribution in [1.29, 1.82) is 0 Å². The van der Waals surface area contributed by atoms with Gasteiger partial charge in [0.25, 0.3) is 5.91 Å². The van der Waals surface area contributed by atoms with Gasteiger partial charge in [0.15, 0.2) is 5.13 Å². The summed E-state index contributed by atoms with van der Waals surface area (Å²) in [7, 11) is 0. The van der Waals surface area contributed by atoms with E-state index in [0.29, 0.717) is 5.56 Å². The third-order valence-corrected chi connectivity index (χ3v) is 6.08. The fourth-order valence-electron chi connectivity index (χ4n) is 4.11. The van der Waals surface area contributed by atoms with Gasteiger partial charge in [-0.25, -0.2) is 4.98 Å². The number of nitrogens with one attached hydrogen (secondary N) is 1. The van der Waals surface area contributed by atoms with Crippen LogP contribution in [0.4, 0.5) is 10.8 Å². The Morgan fingerprint density at radius 3 is 2.97 bits per heavy atom. The fraction of sp³-hybridized carbons (Fsp3) is 0.217. The average Bonchev–Trinajstić information content (AvgIpc) is 3.44. The molecule has 0 bridgehead atoms. The molecular formula is C23H21N5OS. The van der Waals surface area contributed by atoms with E-state index >= 15 is 0 Å². The number of anilines is 2. The van der Waals surface area contributed by atoms with Crippen molar-refractivity contribution in [3.63, 3.8) is 0 Å². The Hall–Kier alpha value is -3.32. The summed E-state index contributed by atoms with van der Waals surface area (Å²) in [5.41, 5.74) is 4.31. The first-order chi connectivity index (χ1) is 14.7. The number of aryl methyl sites for hydroxylation is 1. The summed E-state index contributed by atoms with van der Waals surface area (Å²) in [6, 6.07) is 13.6. The monoisotopic (exact) mass is 415 g/mol. The van der Waals surface area contributed by atoms with Crippen LogP contribution in [0.1, 0.15) is 40.6 Å². The number of aromatic nitrogens is 3. The van der Waals surface area contributed by atoms with Crippen molar-refractivity contribution < 1.29 is 4.79 Å². The van der Waals surface area contributed by atoms with E-state index in [1.165, 1.54) is 0 Å². The standard InChI is InChI=1S/C23H21N5OS/c1-15-13-16(27-23-25-10-12-30-23)14-20(26-15)21-8-4-11-28(21)22(29)18-5-2-7-19-17(18)6-3-9-24-19/h2-3,5-7,9-10,12-14,21H,4,8,11H2,1H3,(H,25,26,27)/t21-/m0/s1. The van der Waals surface area contributed by atoms with Crippen molar-refractivity contribution in [2.45, 2.75) is 25.8 Å². The predicted molar refractivity (Wildman–Crippen MR) is 119 cm³/mol. The van der Waals surface area contributed by atoms with Crippen LogP contribution in [0.15, 0.2) is 60.2 Å². The molecule has 5 rings (SSSR count). The maximum Gasteiger partial charge on any atom is 0.255 e. The smallest absolute Gasteiger partial charge is 0.255 e. The Morgan fingerprint density at radius 1 is 1.17 bits per heavy atom. The van der Waals surface area contributed by atoms with Crippen LogP contribution in [0.25, 0.3) is 10.9 Å². The van der Waals surface area contributed by atoms with E-state index in [1.54, 1.807) is 23.7 Å². The van der Waals surface area contributed by atoms with Gasteiger partial charge in [-0.2, -0.15) is 0 Å². The first kappa shape index (κ1) is 18.7. The van der Waals surface area contributed by atoms with Crippen LogP contribution >= 0.6 is 11.3 Å². The van der Waals surface area contributed by atoms with E-state index in [1.807, 2.05) is 59.7 Å². The third-order valence-electron chi connectivity index (χ3n) is 5.39. The summed E-state index contributed by atoms with van der Waals surface area (Å²) >= 11 is 1.55. The van der Waals surface area contributed by atoms with Crippen LogP contribution in [0.5, 0.6) is 0 Å². The lowest BCUT2D eigenvalue weighted by molar-refractivity contribution is 0.0735. The highest BCUT2D eigenvalue weighted by molar-refractivity contribution is 7.13. The first-order valence-electron chi connectivity index (χ1n) is 9.99. The Labute approximate surface area is 178 Å². The molecule has 30 heavy (non-hydrogen) atoms. The number of hydrogen-bond donors (Lipinski definition) is 1. The zero-order valence-electron chi connectivity index (χ0n) is 16.6. The van der Waals surface area contributed by atoms with Crippen LogP contribution in [-0.4, -0.2) is 32.3 Å². The average molecular weight is 416 g/mol. The van der Waals surface area contributed by atoms with Gasteiger partial charge in [-0.1, -0.05) is 12.1 Å². The number of thiazole rings is 1. The zero-order chi connectivity index (χ0) is 20.5. The maximum atomic E-state index is 13.5. The van der Waals surface area contributed by atoms with E-state index in [4.69, 9.17) is 4.98 Å². The zero-order valence-corrected chi connectivity index (χ0v) is 17.4. The van der Waals surface area contributed by atoms with E-state index in [9.17, 15) is 4.79 Å². The minimum atomic E-state index is -0.0406. The van der Waals surface area contributed by atoms with Crippen molar-refractivity contribution in [1.82, 2.24) is 19.9 Å². The molecular weight excluding hydrogens is 394 g/mol. The quantitative estimate of drug-likeness (QED) is 0.501. The largest absolute Gasteiger partial charge is 0.331 e. The van der Waals surface area contributed by atoms with Gasteiger partial charge in [-0.05, 0) is 50.1 Å². The number of nitrogens with zero attached hydrogens (tertiary/aromatic N) is 4. The lowest BCUT2D eigenvalue weighted by atomic mass is 10.1. The lowest BCUT2D eigenvalue weighted by Gasteiger charge is -2.25. The molecule has 3 aromatic heterocycles. The summed E-state index contributed by atoms with van der Waals surface area (Å²) in [5.74, 6) is 0.0360. The molecule has 0 spiro atoms. The van der Waals surface area contributed by atoms with E-state index < -0.39 is 0 Å². The van der Waals surface area contributed by atoms with Crippen LogP contribution in [0.3, 0.4) is 0 Å². The van der Waals surface area contributed by atoms with Gasteiger partial charge < -0.3 is 10.2 Å². The number of carbonyl (C=O) groups is 1. The number of fused-ring (bicyclic) bond motifs is 1. The Balaban J connectivity index is 1.48. The minimum Gasteiger partial charge on any atom is -0.331 e. The normalized spacial score (nSPS) is 16.2. The molecule has 4 heterocycles. The van der Waals surface area contributed by atoms with E-state index in [2.05, 4.69) is 15.3 Å². The van der Waals surface area contributed by atoms with Crippen molar-refractivity contribution in [3.8, 4) is 0 Å². The fourth-order valence-corrected chi connectivity index (χ4v) is 4.66. The number of hydrogen-bond acceptors (Lipinski definition) is 6. The summed E-state index contributed by atoms with van der Waals surface area (Å²) in [6.45, 7) is 2.71. The molecule has 0 saturated carbocycles.